The van der Waals surface area contributed by atoms with Crippen molar-refractivity contribution in [3.8, 4) is 5.75 Å². The first-order chi connectivity index (χ1) is 8.10. The lowest BCUT2D eigenvalue weighted by Gasteiger charge is -2.21. The average molecular weight is 300 g/mol. The highest BCUT2D eigenvalue weighted by Crippen LogP contribution is 2.18. The number of aryl methyl sites for hydroxylation is 1. The maximum absolute atomic E-state index is 12.2. The van der Waals surface area contributed by atoms with Gasteiger partial charge in [-0.05, 0) is 31.0 Å². The first-order valence-electron chi connectivity index (χ1n) is 5.75. The fraction of sp³-hybridized carbons (Fsp3) is 0.462. The van der Waals surface area contributed by atoms with Crippen molar-refractivity contribution in [1.29, 1.82) is 0 Å². The minimum absolute atomic E-state index is 0.0263. The normalized spacial score (nSPS) is 10.3. The van der Waals surface area contributed by atoms with Crippen molar-refractivity contribution in [3.05, 3.63) is 29.3 Å². The number of aromatic hydroxyl groups is 1. The predicted molar refractivity (Wildman–Crippen MR) is 72.8 cm³/mol. The summed E-state index contributed by atoms with van der Waals surface area (Å²) < 4.78 is 0. The monoisotopic (exact) mass is 299 g/mol. The molecule has 0 spiro atoms. The van der Waals surface area contributed by atoms with Crippen molar-refractivity contribution in [2.45, 2.75) is 20.3 Å². The summed E-state index contributed by atoms with van der Waals surface area (Å²) in [4.78, 5) is 14.0. The molecule has 0 saturated heterocycles. The summed E-state index contributed by atoms with van der Waals surface area (Å²) in [5, 5.41) is 10.4. The molecule has 1 aromatic carbocycles. The molecule has 17 heavy (non-hydrogen) atoms. The van der Waals surface area contributed by atoms with E-state index in [9.17, 15) is 9.90 Å². The zero-order valence-corrected chi connectivity index (χ0v) is 11.8. The largest absolute Gasteiger partial charge is 0.508 e. The number of carbonyl (C=O) groups is 1. The van der Waals surface area contributed by atoms with Crippen molar-refractivity contribution >= 4 is 21.8 Å². The maximum Gasteiger partial charge on any atom is 0.254 e. The second-order valence-electron chi connectivity index (χ2n) is 3.98. The molecule has 1 rings (SSSR count). The Morgan fingerprint density at radius 2 is 2.12 bits per heavy atom. The summed E-state index contributed by atoms with van der Waals surface area (Å²) in [6.45, 7) is 5.27. The molecule has 94 valence electrons. The average Bonchev–Trinajstić information content (AvgIpc) is 2.31. The smallest absolute Gasteiger partial charge is 0.254 e. The van der Waals surface area contributed by atoms with Crippen LogP contribution in [0, 0.1) is 6.92 Å². The molecule has 0 radical (unpaired) electrons. The second kappa shape index (κ2) is 6.64. The van der Waals surface area contributed by atoms with E-state index in [4.69, 9.17) is 0 Å². The fourth-order valence-corrected chi connectivity index (χ4v) is 2.04. The molecular formula is C13H18BrNO2. The van der Waals surface area contributed by atoms with Crippen LogP contribution in [-0.4, -0.2) is 34.3 Å². The molecule has 1 amide bonds. The van der Waals surface area contributed by atoms with Crippen LogP contribution < -0.4 is 0 Å². The van der Waals surface area contributed by atoms with E-state index in [-0.39, 0.29) is 11.7 Å². The molecule has 3 nitrogen and oxygen atoms in total. The lowest BCUT2D eigenvalue weighted by atomic mass is 10.1. The summed E-state index contributed by atoms with van der Waals surface area (Å²) in [6, 6.07) is 5.06. The number of phenolic OH excluding ortho intramolecular Hbond substituents is 1. The van der Waals surface area contributed by atoms with E-state index < -0.39 is 0 Å². The van der Waals surface area contributed by atoms with E-state index in [1.807, 2.05) is 13.8 Å². The number of amides is 1. The van der Waals surface area contributed by atoms with Gasteiger partial charge < -0.3 is 10.0 Å². The highest BCUT2D eigenvalue weighted by atomic mass is 79.9. The number of hydrogen-bond donors (Lipinski definition) is 1. The molecule has 0 saturated carbocycles. The van der Waals surface area contributed by atoms with Crippen molar-refractivity contribution in [3.63, 3.8) is 0 Å². The number of alkyl halides is 1. The van der Waals surface area contributed by atoms with Crippen LogP contribution in [-0.2, 0) is 0 Å². The Kier molecular flexibility index (Phi) is 5.48. The van der Waals surface area contributed by atoms with Crippen LogP contribution in [0.1, 0.15) is 29.3 Å². The Morgan fingerprint density at radius 3 is 2.65 bits per heavy atom. The molecule has 0 aromatic heterocycles. The molecule has 0 bridgehead atoms. The van der Waals surface area contributed by atoms with E-state index in [0.717, 1.165) is 23.9 Å². The number of nitrogens with zero attached hydrogens (tertiary/aromatic N) is 1. The molecule has 0 fully saturated rings. The Morgan fingerprint density at radius 1 is 1.41 bits per heavy atom. The van der Waals surface area contributed by atoms with Gasteiger partial charge in [0.15, 0.2) is 0 Å². The lowest BCUT2D eigenvalue weighted by Crippen LogP contribution is -2.33. The third kappa shape index (κ3) is 3.73. The molecule has 0 atom stereocenters. The van der Waals surface area contributed by atoms with Crippen LogP contribution in [0.5, 0.6) is 5.75 Å². The van der Waals surface area contributed by atoms with E-state index in [2.05, 4.69) is 15.9 Å². The fourth-order valence-electron chi connectivity index (χ4n) is 1.61. The van der Waals surface area contributed by atoms with Gasteiger partial charge in [0.2, 0.25) is 0 Å². The molecule has 0 heterocycles. The van der Waals surface area contributed by atoms with E-state index in [0.29, 0.717) is 12.1 Å². The summed E-state index contributed by atoms with van der Waals surface area (Å²) in [5.74, 6) is 0.146. The van der Waals surface area contributed by atoms with Gasteiger partial charge in [0, 0.05) is 24.0 Å². The number of rotatable bonds is 5. The molecule has 0 aliphatic carbocycles. The number of carbonyl (C=O) groups excluding carboxylic acids is 1. The summed E-state index contributed by atoms with van der Waals surface area (Å²) in [5.41, 5.74) is 1.33. The van der Waals surface area contributed by atoms with Crippen LogP contribution in [0.25, 0.3) is 0 Å². The molecule has 1 N–H and O–H groups in total. The molecule has 0 aliphatic heterocycles. The second-order valence-corrected chi connectivity index (χ2v) is 4.78. The zero-order valence-electron chi connectivity index (χ0n) is 10.2. The van der Waals surface area contributed by atoms with Gasteiger partial charge in [-0.25, -0.2) is 0 Å². The Balaban J connectivity index is 2.88. The number of benzene rings is 1. The number of hydrogen-bond acceptors (Lipinski definition) is 2. The van der Waals surface area contributed by atoms with Gasteiger partial charge in [0.25, 0.3) is 5.91 Å². The topological polar surface area (TPSA) is 40.5 Å². The maximum atomic E-state index is 12.2. The highest BCUT2D eigenvalue weighted by Gasteiger charge is 2.15. The van der Waals surface area contributed by atoms with Crippen molar-refractivity contribution in [2.24, 2.45) is 0 Å². The number of halogens is 1. The van der Waals surface area contributed by atoms with Crippen molar-refractivity contribution in [1.82, 2.24) is 4.90 Å². The third-order valence-corrected chi connectivity index (χ3v) is 2.95. The van der Waals surface area contributed by atoms with Crippen LogP contribution in [0.15, 0.2) is 18.2 Å². The lowest BCUT2D eigenvalue weighted by molar-refractivity contribution is 0.0766. The standard InChI is InChI=1S/C13H18BrNO2/c1-3-7-15(8-6-14)13(17)11-5-4-10(2)12(16)9-11/h4-5,9,16H,3,6-8H2,1-2H3. The van der Waals surface area contributed by atoms with Crippen molar-refractivity contribution in [2.75, 3.05) is 18.4 Å². The molecule has 0 aliphatic rings. The van der Waals surface area contributed by atoms with Gasteiger partial charge in [0.05, 0.1) is 0 Å². The zero-order chi connectivity index (χ0) is 12.8. The van der Waals surface area contributed by atoms with Crippen LogP contribution in [0.2, 0.25) is 0 Å². The summed E-state index contributed by atoms with van der Waals surface area (Å²) >= 11 is 3.34. The van der Waals surface area contributed by atoms with Crippen LogP contribution >= 0.6 is 15.9 Å². The van der Waals surface area contributed by atoms with Crippen LogP contribution in [0.4, 0.5) is 0 Å². The third-order valence-electron chi connectivity index (χ3n) is 2.59. The molecule has 0 unspecified atom stereocenters. The number of phenols is 1. The quantitative estimate of drug-likeness (QED) is 0.849. The van der Waals surface area contributed by atoms with Gasteiger partial charge in [-0.15, -0.1) is 0 Å². The minimum Gasteiger partial charge on any atom is -0.508 e. The summed E-state index contributed by atoms with van der Waals surface area (Å²) in [6.07, 6.45) is 0.927. The first kappa shape index (κ1) is 14.0. The van der Waals surface area contributed by atoms with E-state index in [1.54, 1.807) is 17.0 Å². The summed E-state index contributed by atoms with van der Waals surface area (Å²) in [7, 11) is 0. The Labute approximate surface area is 111 Å². The van der Waals surface area contributed by atoms with Gasteiger partial charge in [-0.3, -0.25) is 4.79 Å². The minimum atomic E-state index is -0.0263. The molecule has 4 heteroatoms. The molecule has 1 aromatic rings. The Bertz CT molecular complexity index is 387. The van der Waals surface area contributed by atoms with E-state index >= 15 is 0 Å². The van der Waals surface area contributed by atoms with Gasteiger partial charge in [0.1, 0.15) is 5.75 Å². The molecular weight excluding hydrogens is 282 g/mol. The highest BCUT2D eigenvalue weighted by molar-refractivity contribution is 9.09. The van der Waals surface area contributed by atoms with Gasteiger partial charge >= 0.3 is 0 Å². The van der Waals surface area contributed by atoms with Gasteiger partial charge in [-0.2, -0.15) is 0 Å². The SMILES string of the molecule is CCCN(CCBr)C(=O)c1ccc(C)c(O)c1. The van der Waals surface area contributed by atoms with Gasteiger partial charge in [-0.1, -0.05) is 28.9 Å². The van der Waals surface area contributed by atoms with E-state index in [1.165, 1.54) is 6.07 Å². The van der Waals surface area contributed by atoms with Crippen LogP contribution in [0.3, 0.4) is 0 Å². The van der Waals surface area contributed by atoms with Crippen molar-refractivity contribution < 1.29 is 9.90 Å². The first-order valence-corrected chi connectivity index (χ1v) is 6.87. The predicted octanol–water partition coefficient (Wildman–Crippen LogP) is 2.95. The Hall–Kier alpha value is -1.03.